The fraction of sp³-hybridized carbons (Fsp3) is 0.467. The summed E-state index contributed by atoms with van der Waals surface area (Å²) >= 11 is 0. The van der Waals surface area contributed by atoms with Crippen LogP contribution < -0.4 is 0 Å². The first kappa shape index (κ1) is 17.4. The molecule has 0 spiro atoms. The predicted octanol–water partition coefficient (Wildman–Crippen LogP) is 1.19. The molecule has 1 fully saturated rings. The van der Waals surface area contributed by atoms with Gasteiger partial charge in [-0.15, -0.1) is 0 Å². The monoisotopic (exact) mass is 341 g/mol. The van der Waals surface area contributed by atoms with Crippen molar-refractivity contribution < 1.29 is 27.5 Å². The summed E-state index contributed by atoms with van der Waals surface area (Å²) < 4.78 is 35.8. The third-order valence-corrected chi connectivity index (χ3v) is 5.48. The average Bonchev–Trinajstić information content (AvgIpc) is 3.09. The van der Waals surface area contributed by atoms with E-state index in [0.717, 1.165) is 12.8 Å². The molecule has 0 N–H and O–H groups in total. The molecule has 1 aliphatic rings. The lowest BCUT2D eigenvalue weighted by molar-refractivity contribution is -0.149. The molecule has 1 saturated heterocycles. The molecule has 126 valence electrons. The minimum atomic E-state index is -3.61. The molecular weight excluding hydrogens is 322 g/mol. The van der Waals surface area contributed by atoms with Gasteiger partial charge in [0.15, 0.2) is 6.10 Å². The molecule has 1 aromatic rings. The van der Waals surface area contributed by atoms with Crippen LogP contribution in [0.3, 0.4) is 0 Å². The van der Waals surface area contributed by atoms with Crippen LogP contribution >= 0.6 is 0 Å². The Labute approximate surface area is 135 Å². The number of esters is 2. The quantitative estimate of drug-likeness (QED) is 0.747. The molecule has 0 unspecified atom stereocenters. The third kappa shape index (κ3) is 3.89. The van der Waals surface area contributed by atoms with Gasteiger partial charge in [0.25, 0.3) is 0 Å². The minimum absolute atomic E-state index is 0.0413. The molecule has 0 amide bonds. The van der Waals surface area contributed by atoms with E-state index in [0.29, 0.717) is 13.1 Å². The van der Waals surface area contributed by atoms with E-state index in [4.69, 9.17) is 4.74 Å². The molecule has 2 rings (SSSR count). The third-order valence-electron chi connectivity index (χ3n) is 3.59. The number of carbonyl (C=O) groups excluding carboxylic acids is 2. The maximum absolute atomic E-state index is 12.5. The van der Waals surface area contributed by atoms with Crippen molar-refractivity contribution >= 4 is 22.0 Å². The number of ether oxygens (including phenoxy) is 2. The van der Waals surface area contributed by atoms with Crippen LogP contribution in [0.2, 0.25) is 0 Å². The molecule has 0 radical (unpaired) electrons. The molecular formula is C15H19NO6S. The molecule has 1 heterocycles. The summed E-state index contributed by atoms with van der Waals surface area (Å²) in [6.45, 7) is 2.35. The van der Waals surface area contributed by atoms with Crippen molar-refractivity contribution in [3.63, 3.8) is 0 Å². The van der Waals surface area contributed by atoms with Crippen molar-refractivity contribution in [3.8, 4) is 0 Å². The summed E-state index contributed by atoms with van der Waals surface area (Å²) in [5.74, 6) is -1.46. The van der Waals surface area contributed by atoms with Gasteiger partial charge in [0.05, 0.1) is 17.6 Å². The Morgan fingerprint density at radius 3 is 2.48 bits per heavy atom. The number of nitrogens with zero attached hydrogens (tertiary/aromatic N) is 1. The zero-order valence-corrected chi connectivity index (χ0v) is 13.8. The highest BCUT2D eigenvalue weighted by Gasteiger charge is 2.28. The summed E-state index contributed by atoms with van der Waals surface area (Å²) in [5.41, 5.74) is 0.0704. The Balaban J connectivity index is 2.19. The molecule has 1 atom stereocenters. The van der Waals surface area contributed by atoms with Gasteiger partial charge < -0.3 is 9.47 Å². The van der Waals surface area contributed by atoms with Gasteiger partial charge in [0.1, 0.15) is 0 Å². The number of benzene rings is 1. The van der Waals surface area contributed by atoms with Crippen LogP contribution in [-0.2, 0) is 24.3 Å². The van der Waals surface area contributed by atoms with Gasteiger partial charge in [0, 0.05) is 13.1 Å². The predicted molar refractivity (Wildman–Crippen MR) is 81.3 cm³/mol. The van der Waals surface area contributed by atoms with E-state index < -0.39 is 28.1 Å². The maximum Gasteiger partial charge on any atom is 0.346 e. The van der Waals surface area contributed by atoms with Crippen molar-refractivity contribution in [3.05, 3.63) is 29.8 Å². The summed E-state index contributed by atoms with van der Waals surface area (Å²) in [4.78, 5) is 23.4. The van der Waals surface area contributed by atoms with Gasteiger partial charge in [-0.1, -0.05) is 6.07 Å². The summed E-state index contributed by atoms with van der Waals surface area (Å²) in [5, 5.41) is 0. The highest BCUT2D eigenvalue weighted by atomic mass is 32.2. The fourth-order valence-corrected chi connectivity index (χ4v) is 3.87. The highest BCUT2D eigenvalue weighted by Crippen LogP contribution is 2.22. The number of hydrogen-bond acceptors (Lipinski definition) is 6. The fourth-order valence-electron chi connectivity index (χ4n) is 2.30. The number of methoxy groups -OCH3 is 1. The SMILES string of the molecule is COC(=O)[C@@H](C)OC(=O)c1cccc(S(=O)(=O)N2CCCC2)c1. The second-order valence-corrected chi connectivity index (χ2v) is 7.15. The largest absolute Gasteiger partial charge is 0.466 e. The van der Waals surface area contributed by atoms with Gasteiger partial charge in [0.2, 0.25) is 10.0 Å². The van der Waals surface area contributed by atoms with Gasteiger partial charge in [-0.05, 0) is 38.0 Å². The van der Waals surface area contributed by atoms with E-state index in [9.17, 15) is 18.0 Å². The first-order valence-corrected chi connectivity index (χ1v) is 8.69. The van der Waals surface area contributed by atoms with Crippen LogP contribution in [0, 0.1) is 0 Å². The Kier molecular flexibility index (Phi) is 5.38. The lowest BCUT2D eigenvalue weighted by Gasteiger charge is -2.16. The lowest BCUT2D eigenvalue weighted by Crippen LogP contribution is -2.28. The van der Waals surface area contributed by atoms with Crippen molar-refractivity contribution in [1.82, 2.24) is 4.31 Å². The Bertz CT molecular complexity index is 694. The normalized spacial score (nSPS) is 16.8. The first-order valence-electron chi connectivity index (χ1n) is 7.25. The van der Waals surface area contributed by atoms with Crippen molar-refractivity contribution in [2.24, 2.45) is 0 Å². The van der Waals surface area contributed by atoms with Crippen LogP contribution in [0.1, 0.15) is 30.1 Å². The number of carbonyl (C=O) groups is 2. The molecule has 0 saturated carbocycles. The van der Waals surface area contributed by atoms with Crippen LogP contribution in [0.15, 0.2) is 29.2 Å². The molecule has 7 nitrogen and oxygen atoms in total. The van der Waals surface area contributed by atoms with Crippen molar-refractivity contribution in [2.75, 3.05) is 20.2 Å². The van der Waals surface area contributed by atoms with E-state index in [-0.39, 0.29) is 10.5 Å². The Hall–Kier alpha value is -1.93. The van der Waals surface area contributed by atoms with E-state index in [1.165, 1.54) is 42.6 Å². The van der Waals surface area contributed by atoms with E-state index in [2.05, 4.69) is 4.74 Å². The maximum atomic E-state index is 12.5. The molecule has 0 aliphatic carbocycles. The molecule has 8 heteroatoms. The summed E-state index contributed by atoms with van der Waals surface area (Å²) in [6, 6.07) is 5.62. The first-order chi connectivity index (χ1) is 10.9. The Morgan fingerprint density at radius 1 is 1.22 bits per heavy atom. The van der Waals surface area contributed by atoms with E-state index in [1.807, 2.05) is 0 Å². The lowest BCUT2D eigenvalue weighted by atomic mass is 10.2. The topological polar surface area (TPSA) is 90.0 Å². The minimum Gasteiger partial charge on any atom is -0.466 e. The van der Waals surface area contributed by atoms with E-state index >= 15 is 0 Å². The number of hydrogen-bond donors (Lipinski definition) is 0. The van der Waals surface area contributed by atoms with Gasteiger partial charge in [-0.25, -0.2) is 18.0 Å². The molecule has 0 bridgehead atoms. The van der Waals surface area contributed by atoms with Crippen LogP contribution in [0.5, 0.6) is 0 Å². The summed E-state index contributed by atoms with van der Waals surface area (Å²) in [7, 11) is -2.42. The van der Waals surface area contributed by atoms with Gasteiger partial charge in [-0.3, -0.25) is 0 Å². The molecule has 23 heavy (non-hydrogen) atoms. The van der Waals surface area contributed by atoms with Gasteiger partial charge >= 0.3 is 11.9 Å². The van der Waals surface area contributed by atoms with Gasteiger partial charge in [-0.2, -0.15) is 4.31 Å². The van der Waals surface area contributed by atoms with Crippen LogP contribution in [-0.4, -0.2) is 51.0 Å². The van der Waals surface area contributed by atoms with E-state index in [1.54, 1.807) is 0 Å². The average molecular weight is 341 g/mol. The number of sulfonamides is 1. The summed E-state index contributed by atoms with van der Waals surface area (Å²) in [6.07, 6.45) is 0.598. The zero-order valence-electron chi connectivity index (χ0n) is 13.0. The second-order valence-electron chi connectivity index (χ2n) is 5.21. The molecule has 0 aromatic heterocycles. The van der Waals surface area contributed by atoms with Crippen molar-refractivity contribution in [1.29, 1.82) is 0 Å². The highest BCUT2D eigenvalue weighted by molar-refractivity contribution is 7.89. The molecule has 1 aromatic carbocycles. The van der Waals surface area contributed by atoms with Crippen LogP contribution in [0.4, 0.5) is 0 Å². The molecule has 1 aliphatic heterocycles. The van der Waals surface area contributed by atoms with Crippen LogP contribution in [0.25, 0.3) is 0 Å². The smallest absolute Gasteiger partial charge is 0.346 e. The number of rotatable bonds is 5. The standard InChI is InChI=1S/C15H19NO6S/c1-11(14(17)21-2)22-15(18)12-6-5-7-13(10-12)23(19,20)16-8-3-4-9-16/h5-7,10-11H,3-4,8-9H2,1-2H3/t11-/m1/s1. The second kappa shape index (κ2) is 7.10. The Morgan fingerprint density at radius 2 is 1.87 bits per heavy atom. The zero-order chi connectivity index (χ0) is 17.0. The van der Waals surface area contributed by atoms with Crippen molar-refractivity contribution in [2.45, 2.75) is 30.8 Å².